The summed E-state index contributed by atoms with van der Waals surface area (Å²) in [5.41, 5.74) is 9.85. The summed E-state index contributed by atoms with van der Waals surface area (Å²) in [5.74, 6) is 0.827. The van der Waals surface area contributed by atoms with E-state index in [1.165, 1.54) is 11.1 Å². The van der Waals surface area contributed by atoms with Gasteiger partial charge >= 0.3 is 0 Å². The highest BCUT2D eigenvalue weighted by Gasteiger charge is 2.25. The number of carbonyl (C=O) groups is 1. The van der Waals surface area contributed by atoms with Crippen LogP contribution in [0.2, 0.25) is 0 Å². The molecule has 7 heteroatoms. The monoisotopic (exact) mass is 569 g/mol. The average Bonchev–Trinajstić information content (AvgIpc) is 3.45. The fraction of sp³-hybridized carbons (Fsp3) is 0.294. The molecule has 1 aromatic heterocycles. The molecule has 0 radical (unpaired) electrons. The molecule has 1 aliphatic rings. The third-order valence-corrected chi connectivity index (χ3v) is 7.46. The molecule has 0 bridgehead atoms. The summed E-state index contributed by atoms with van der Waals surface area (Å²) < 4.78 is 11.3. The highest BCUT2D eigenvalue weighted by Crippen LogP contribution is 2.35. The number of benzene rings is 3. The maximum atomic E-state index is 13.5. The number of hydroxylamine groups is 1. The fourth-order valence-electron chi connectivity index (χ4n) is 4.82. The minimum absolute atomic E-state index is 0.0122. The molecule has 4 aromatic rings. The van der Waals surface area contributed by atoms with Gasteiger partial charge in [0.1, 0.15) is 5.75 Å². The van der Waals surface area contributed by atoms with Crippen LogP contribution in [-0.2, 0) is 34.9 Å². The number of aromatic nitrogens is 1. The second-order valence-electron chi connectivity index (χ2n) is 9.65. The topological polar surface area (TPSA) is 63.7 Å². The van der Waals surface area contributed by atoms with E-state index >= 15 is 0 Å². The van der Waals surface area contributed by atoms with Gasteiger partial charge in [0, 0.05) is 24.5 Å². The Morgan fingerprint density at radius 2 is 1.76 bits per heavy atom. The Labute approximate surface area is 248 Å². The van der Waals surface area contributed by atoms with Crippen molar-refractivity contribution >= 4 is 23.9 Å². The molecule has 3 aromatic carbocycles. The summed E-state index contributed by atoms with van der Waals surface area (Å²) in [5, 5.41) is 0. The number of anilines is 1. The normalized spacial score (nSPS) is 13.6. The third kappa shape index (κ3) is 8.67. The van der Waals surface area contributed by atoms with Gasteiger partial charge in [-0.2, -0.15) is 9.76 Å². The zero-order valence-electron chi connectivity index (χ0n) is 24.1. The van der Waals surface area contributed by atoms with Gasteiger partial charge in [-0.15, -0.1) is 0 Å². The van der Waals surface area contributed by atoms with Crippen molar-refractivity contribution in [2.45, 2.75) is 65.5 Å². The standard InChI is InChI=1S/C32H33N3O3S.C2H6/c1-2-24-10-16-29(17-11-24)37-39-38-34-31-18-14-27-13-15-28(21-30(27)31)35(23-26-9-6-20-33-22-26)32(36)19-12-25-7-4-3-5-8-25;1-2/h3-11,13,15-17,20-22,31,34H,2,12,14,18-19,23H2,1H3;1-2H3. The van der Waals surface area contributed by atoms with Crippen molar-refractivity contribution in [2.24, 2.45) is 0 Å². The number of rotatable bonds is 12. The number of carbonyl (C=O) groups excluding carboxylic acids is 1. The number of pyridine rings is 1. The fourth-order valence-corrected chi connectivity index (χ4v) is 5.20. The van der Waals surface area contributed by atoms with Crippen molar-refractivity contribution in [3.8, 4) is 5.75 Å². The van der Waals surface area contributed by atoms with Crippen LogP contribution in [0.4, 0.5) is 5.69 Å². The van der Waals surface area contributed by atoms with E-state index in [0.29, 0.717) is 19.4 Å². The highest BCUT2D eigenvalue weighted by molar-refractivity contribution is 7.90. The molecule has 0 saturated heterocycles. The number of nitrogens with zero attached hydrogens (tertiary/aromatic N) is 2. The van der Waals surface area contributed by atoms with Crippen LogP contribution in [0.25, 0.3) is 0 Å². The number of amides is 1. The number of fused-ring (bicyclic) bond motifs is 1. The Morgan fingerprint density at radius 1 is 0.976 bits per heavy atom. The summed E-state index contributed by atoms with van der Waals surface area (Å²) >= 11 is 0.920. The minimum atomic E-state index is 0.0122. The molecule has 1 unspecified atom stereocenters. The van der Waals surface area contributed by atoms with Crippen molar-refractivity contribution in [1.82, 2.24) is 10.5 Å². The van der Waals surface area contributed by atoms with Gasteiger partial charge in [0.05, 0.1) is 12.6 Å². The van der Waals surface area contributed by atoms with E-state index in [-0.39, 0.29) is 11.9 Å². The van der Waals surface area contributed by atoms with Gasteiger partial charge in [-0.05, 0) is 83.8 Å². The number of hydrogen-bond donors (Lipinski definition) is 1. The van der Waals surface area contributed by atoms with Gasteiger partial charge in [0.2, 0.25) is 18.2 Å². The lowest BCUT2D eigenvalue weighted by atomic mass is 10.1. The van der Waals surface area contributed by atoms with Crippen LogP contribution in [0.15, 0.2) is 97.3 Å². The van der Waals surface area contributed by atoms with E-state index in [2.05, 4.69) is 59.9 Å². The molecule has 5 rings (SSSR count). The van der Waals surface area contributed by atoms with Crippen LogP contribution in [0.3, 0.4) is 0 Å². The molecular formula is C34H39N3O3S. The summed E-state index contributed by atoms with van der Waals surface area (Å²) in [6, 6.07) is 28.3. The maximum absolute atomic E-state index is 13.5. The summed E-state index contributed by atoms with van der Waals surface area (Å²) in [6.45, 7) is 6.59. The lowest BCUT2D eigenvalue weighted by molar-refractivity contribution is -0.118. The van der Waals surface area contributed by atoms with Gasteiger partial charge in [0.15, 0.2) is 0 Å². The number of nitrogens with one attached hydrogen (secondary N) is 1. The van der Waals surface area contributed by atoms with E-state index in [4.69, 9.17) is 8.47 Å². The lowest BCUT2D eigenvalue weighted by Gasteiger charge is -2.24. The van der Waals surface area contributed by atoms with Gasteiger partial charge in [-0.1, -0.05) is 75.4 Å². The molecule has 1 N–H and O–H groups in total. The molecule has 6 nitrogen and oxygen atoms in total. The van der Waals surface area contributed by atoms with E-state index in [0.717, 1.165) is 59.7 Å². The summed E-state index contributed by atoms with van der Waals surface area (Å²) in [4.78, 5) is 19.7. The molecule has 214 valence electrons. The predicted octanol–water partition coefficient (Wildman–Crippen LogP) is 7.99. The van der Waals surface area contributed by atoms with Crippen molar-refractivity contribution in [1.29, 1.82) is 0 Å². The smallest absolute Gasteiger partial charge is 0.244 e. The molecular weight excluding hydrogens is 530 g/mol. The highest BCUT2D eigenvalue weighted by atomic mass is 32.2. The first-order chi connectivity index (χ1) is 20.2. The Bertz CT molecular complexity index is 1350. The maximum Gasteiger partial charge on any atom is 0.244 e. The van der Waals surface area contributed by atoms with Crippen LogP contribution in [0, 0.1) is 0 Å². The van der Waals surface area contributed by atoms with Crippen LogP contribution >= 0.6 is 12.3 Å². The van der Waals surface area contributed by atoms with Crippen molar-refractivity contribution in [3.05, 3.63) is 125 Å². The zero-order valence-corrected chi connectivity index (χ0v) is 24.9. The van der Waals surface area contributed by atoms with E-state index in [1.54, 1.807) is 6.20 Å². The molecule has 1 amide bonds. The summed E-state index contributed by atoms with van der Waals surface area (Å²) in [6.07, 6.45) is 7.55. The molecule has 1 heterocycles. The second-order valence-corrected chi connectivity index (χ2v) is 10.1. The quantitative estimate of drug-likeness (QED) is 0.106. The second kappa shape index (κ2) is 16.0. The molecule has 1 aliphatic carbocycles. The number of aryl methyl sites for hydroxylation is 3. The van der Waals surface area contributed by atoms with Crippen LogP contribution in [0.5, 0.6) is 5.75 Å². The van der Waals surface area contributed by atoms with Crippen molar-refractivity contribution in [2.75, 3.05) is 4.90 Å². The minimum Gasteiger partial charge on any atom is -0.399 e. The van der Waals surface area contributed by atoms with Gasteiger partial charge in [0.25, 0.3) is 0 Å². The molecule has 41 heavy (non-hydrogen) atoms. The Morgan fingerprint density at radius 3 is 2.49 bits per heavy atom. The first-order valence-corrected chi connectivity index (χ1v) is 15.1. The van der Waals surface area contributed by atoms with E-state index in [1.807, 2.05) is 67.4 Å². The van der Waals surface area contributed by atoms with Crippen molar-refractivity contribution < 1.29 is 13.3 Å². The van der Waals surface area contributed by atoms with E-state index in [9.17, 15) is 4.79 Å². The largest absolute Gasteiger partial charge is 0.399 e. The third-order valence-electron chi connectivity index (χ3n) is 7.04. The van der Waals surface area contributed by atoms with Crippen LogP contribution < -0.4 is 14.6 Å². The first-order valence-electron chi connectivity index (χ1n) is 14.4. The van der Waals surface area contributed by atoms with Gasteiger partial charge < -0.3 is 9.08 Å². The zero-order chi connectivity index (χ0) is 28.9. The summed E-state index contributed by atoms with van der Waals surface area (Å²) in [7, 11) is 0. The molecule has 0 spiro atoms. The number of hydrogen-bond acceptors (Lipinski definition) is 6. The Kier molecular flexibility index (Phi) is 11.8. The molecule has 0 saturated carbocycles. The Hall–Kier alpha value is -3.65. The SMILES string of the molecule is CC.CCc1ccc(OSONC2CCc3ccc(N(Cc4cccnc4)C(=O)CCc4ccccc4)cc32)cc1. The first kappa shape index (κ1) is 30.3. The Balaban J connectivity index is 0.00000189. The van der Waals surface area contributed by atoms with E-state index < -0.39 is 0 Å². The van der Waals surface area contributed by atoms with Crippen LogP contribution in [-0.4, -0.2) is 10.9 Å². The average molecular weight is 570 g/mol. The molecule has 0 fully saturated rings. The predicted molar refractivity (Wildman–Crippen MR) is 167 cm³/mol. The molecule has 0 aliphatic heterocycles. The van der Waals surface area contributed by atoms with Crippen molar-refractivity contribution in [3.63, 3.8) is 0 Å². The van der Waals surface area contributed by atoms with Gasteiger partial charge in [-0.3, -0.25) is 9.78 Å². The molecule has 1 atom stereocenters. The van der Waals surface area contributed by atoms with Crippen LogP contribution in [0.1, 0.15) is 67.5 Å². The lowest BCUT2D eigenvalue weighted by Crippen LogP contribution is -2.31. The van der Waals surface area contributed by atoms with Gasteiger partial charge in [-0.25, -0.2) is 0 Å².